The van der Waals surface area contributed by atoms with Crippen LogP contribution in [0.25, 0.3) is 253 Å². The molecule has 0 N–H and O–H groups in total. The molecule has 636 valence electrons. The molecule has 0 aliphatic rings. The molecule has 26 rings (SSSR count). The van der Waals surface area contributed by atoms with Crippen molar-refractivity contribution in [2.24, 2.45) is 0 Å². The first-order valence-corrected chi connectivity index (χ1v) is 47.2. The van der Waals surface area contributed by atoms with E-state index in [2.05, 4.69) is 373 Å². The predicted octanol–water partition coefficient (Wildman–Crippen LogP) is 32.8. The molecule has 26 aromatic rings. The zero-order chi connectivity index (χ0) is 89.9. The Bertz CT molecular complexity index is 8940. The summed E-state index contributed by atoms with van der Waals surface area (Å²) in [6.07, 6.45) is 4.02. The zero-order valence-electron chi connectivity index (χ0n) is 73.3. The summed E-state index contributed by atoms with van der Waals surface area (Å²) >= 11 is 3.65. The number of nitrogens with zero attached hydrogens (tertiary/aromatic N) is 10. The quantitative estimate of drug-likeness (QED) is 0.0940. The van der Waals surface area contributed by atoms with Crippen molar-refractivity contribution in [2.45, 2.75) is 0 Å². The van der Waals surface area contributed by atoms with Gasteiger partial charge in [0.2, 0.25) is 0 Å². The number of pyridine rings is 2. The SMILES string of the molecule is c1ccc(-c2nc(-c3ccccc3)nc(-c3cc(-c4ccc(-c5ccccc5)c(-c5ccccc5)c4)cnc3-c3ccc4sc5cc6c7ccccc7n(-c7ccccc7)c6cc5c4c3)n2)cc1.c1ccc(-c2nc(-c3ccccc3)nc(-c3cc(-c4ccc(-c5ccccc5)c(-c5ccccc5)c4)cnc3-c3cccc4sc5cc6c7ccccc7n(-c7ccccc7)c6cc5c34)n2)cc1. The van der Waals surface area contributed by atoms with Gasteiger partial charge in [0.25, 0.3) is 0 Å². The molecular formula is C124H78N10S2. The van der Waals surface area contributed by atoms with Crippen molar-refractivity contribution in [3.63, 3.8) is 0 Å². The molecule has 0 bridgehead atoms. The molecule has 12 heteroatoms. The third-order valence-electron chi connectivity index (χ3n) is 25.8. The van der Waals surface area contributed by atoms with Gasteiger partial charge in [-0.05, 0) is 159 Å². The molecule has 10 nitrogen and oxygen atoms in total. The maximum absolute atomic E-state index is 5.49. The summed E-state index contributed by atoms with van der Waals surface area (Å²) < 4.78 is 9.65. The van der Waals surface area contributed by atoms with Crippen molar-refractivity contribution < 1.29 is 0 Å². The molecule has 0 amide bonds. The molecule has 136 heavy (non-hydrogen) atoms. The Hall–Kier alpha value is -17.7. The second-order valence-corrected chi connectivity index (χ2v) is 36.2. The van der Waals surface area contributed by atoms with Crippen LogP contribution in [0.3, 0.4) is 0 Å². The number of aromatic nitrogens is 10. The van der Waals surface area contributed by atoms with Gasteiger partial charge in [0.15, 0.2) is 34.9 Å². The van der Waals surface area contributed by atoms with Crippen LogP contribution in [0.2, 0.25) is 0 Å². The minimum Gasteiger partial charge on any atom is -0.309 e. The van der Waals surface area contributed by atoms with E-state index in [1.54, 1.807) is 0 Å². The lowest BCUT2D eigenvalue weighted by Crippen LogP contribution is -2.02. The molecule has 0 radical (unpaired) electrons. The number of thiophene rings is 2. The van der Waals surface area contributed by atoms with Gasteiger partial charge in [0.05, 0.1) is 33.5 Å². The van der Waals surface area contributed by atoms with Gasteiger partial charge < -0.3 is 9.13 Å². The largest absolute Gasteiger partial charge is 0.309 e. The lowest BCUT2D eigenvalue weighted by molar-refractivity contribution is 1.07. The number of rotatable bonds is 16. The molecule has 0 atom stereocenters. The molecule has 0 fully saturated rings. The highest BCUT2D eigenvalue weighted by Gasteiger charge is 2.27. The van der Waals surface area contributed by atoms with E-state index in [9.17, 15) is 0 Å². The Labute approximate surface area is 792 Å². The van der Waals surface area contributed by atoms with E-state index in [1.807, 2.05) is 132 Å². The normalized spacial score (nSPS) is 11.5. The lowest BCUT2D eigenvalue weighted by Gasteiger charge is -2.16. The maximum Gasteiger partial charge on any atom is 0.166 e. The highest BCUT2D eigenvalue weighted by molar-refractivity contribution is 7.26. The van der Waals surface area contributed by atoms with Crippen LogP contribution in [-0.2, 0) is 0 Å². The number of fused-ring (bicyclic) bond motifs is 12. The smallest absolute Gasteiger partial charge is 0.166 e. The molecule has 0 saturated carbocycles. The van der Waals surface area contributed by atoms with Crippen molar-refractivity contribution in [3.8, 4) is 169 Å². The maximum atomic E-state index is 5.49. The molecule has 0 aliphatic heterocycles. The molecule has 0 aliphatic carbocycles. The third-order valence-corrected chi connectivity index (χ3v) is 28.1. The van der Waals surface area contributed by atoms with E-state index in [4.69, 9.17) is 39.9 Å². The second-order valence-electron chi connectivity index (χ2n) is 34.0. The van der Waals surface area contributed by atoms with E-state index < -0.39 is 0 Å². The molecule has 0 unspecified atom stereocenters. The van der Waals surface area contributed by atoms with Crippen LogP contribution in [0.1, 0.15) is 0 Å². The first-order chi connectivity index (χ1) is 67.4. The van der Waals surface area contributed by atoms with Gasteiger partial charge in [0, 0.05) is 141 Å². The van der Waals surface area contributed by atoms with E-state index in [0.29, 0.717) is 34.9 Å². The van der Waals surface area contributed by atoms with E-state index in [-0.39, 0.29) is 0 Å². The summed E-state index contributed by atoms with van der Waals surface area (Å²) in [6.45, 7) is 0. The van der Waals surface area contributed by atoms with Crippen molar-refractivity contribution in [3.05, 3.63) is 473 Å². The van der Waals surface area contributed by atoms with E-state index in [1.165, 1.54) is 84.2 Å². The van der Waals surface area contributed by atoms with Crippen molar-refractivity contribution in [2.75, 3.05) is 0 Å². The Morgan fingerprint density at radius 2 is 0.493 bits per heavy atom. The van der Waals surface area contributed by atoms with Crippen LogP contribution < -0.4 is 0 Å². The topological polar surface area (TPSA) is 113 Å². The van der Waals surface area contributed by atoms with Gasteiger partial charge in [-0.1, -0.05) is 358 Å². The summed E-state index contributed by atoms with van der Waals surface area (Å²) in [6, 6.07) is 163. The highest BCUT2D eigenvalue weighted by Crippen LogP contribution is 2.50. The Morgan fingerprint density at radius 1 is 0.162 bits per heavy atom. The van der Waals surface area contributed by atoms with Gasteiger partial charge in [-0.25, -0.2) is 29.9 Å². The summed E-state index contributed by atoms with van der Waals surface area (Å²) in [5, 5.41) is 9.67. The molecular weight excluding hydrogens is 1690 g/mol. The van der Waals surface area contributed by atoms with E-state index in [0.717, 1.165) is 134 Å². The number of hydrogen-bond donors (Lipinski definition) is 0. The van der Waals surface area contributed by atoms with Crippen molar-refractivity contribution >= 4 is 107 Å². The van der Waals surface area contributed by atoms with Crippen molar-refractivity contribution in [1.82, 2.24) is 49.0 Å². The van der Waals surface area contributed by atoms with Crippen LogP contribution in [0.5, 0.6) is 0 Å². The second kappa shape index (κ2) is 34.6. The fourth-order valence-corrected chi connectivity index (χ4v) is 21.6. The summed E-state index contributed by atoms with van der Waals surface area (Å²) in [7, 11) is 0. The fraction of sp³-hybridized carbons (Fsp3) is 0. The number of para-hydroxylation sites is 4. The lowest BCUT2D eigenvalue weighted by atomic mass is 9.90. The monoisotopic (exact) mass is 1770 g/mol. The van der Waals surface area contributed by atoms with Crippen LogP contribution in [0, 0.1) is 0 Å². The fourth-order valence-electron chi connectivity index (χ4n) is 19.4. The van der Waals surface area contributed by atoms with Gasteiger partial charge in [-0.2, -0.15) is 0 Å². The standard InChI is InChI=1S/2C62H39N5S/c1-6-19-40(20-7-1)47-34-33-44(35-50(47)41-21-8-2-9-22-41)45-36-53(62-65-60(42-23-10-3-11-24-42)64-61(66-62)43-25-12-4-13-26-43)59(63-39-45)49-30-18-32-56-58(49)52-37-55-51(38-57(52)68-56)48-29-16-17-31-54(48)67(55)46-27-14-5-15-28-46;1-6-18-40(19-7-1)48-32-30-44(34-50(48)41-20-8-2-9-21-41)46-36-54(62-65-60(42-22-10-3-11-23-42)64-61(66-62)43-24-12-4-13-25-43)59(63-39-46)45-31-33-57-52(35-45)53-37-56-51(38-58(53)68-57)49-28-16-17-29-55(49)67(56)47-26-14-5-15-27-47/h2*1-39H. The van der Waals surface area contributed by atoms with Crippen LogP contribution in [-0.4, -0.2) is 49.0 Å². The Kier molecular flexibility index (Phi) is 20.4. The number of hydrogen-bond acceptors (Lipinski definition) is 10. The summed E-state index contributed by atoms with van der Waals surface area (Å²) in [5.74, 6) is 3.49. The average Bonchev–Trinajstić information content (AvgIpc) is 1.57. The predicted molar refractivity (Wildman–Crippen MR) is 566 cm³/mol. The minimum atomic E-state index is 0.550. The van der Waals surface area contributed by atoms with Gasteiger partial charge in [0.1, 0.15) is 0 Å². The van der Waals surface area contributed by atoms with Crippen LogP contribution in [0.15, 0.2) is 473 Å². The Balaban J connectivity index is 0.000000145. The molecule has 0 spiro atoms. The van der Waals surface area contributed by atoms with Gasteiger partial charge in [-0.3, -0.25) is 9.97 Å². The summed E-state index contributed by atoms with van der Waals surface area (Å²) in [4.78, 5) is 42.2. The third kappa shape index (κ3) is 14.8. The average molecular weight is 1770 g/mol. The summed E-state index contributed by atoms with van der Waals surface area (Å²) in [5.41, 5.74) is 29.1. The van der Waals surface area contributed by atoms with E-state index >= 15 is 0 Å². The Morgan fingerprint density at radius 3 is 0.926 bits per heavy atom. The first kappa shape index (κ1) is 80.4. The van der Waals surface area contributed by atoms with Crippen LogP contribution >= 0.6 is 22.7 Å². The molecule has 8 heterocycles. The van der Waals surface area contributed by atoms with Gasteiger partial charge in [-0.15, -0.1) is 22.7 Å². The molecule has 0 saturated heterocycles. The van der Waals surface area contributed by atoms with Crippen molar-refractivity contribution in [1.29, 1.82) is 0 Å². The van der Waals surface area contributed by atoms with Gasteiger partial charge >= 0.3 is 0 Å². The molecule has 18 aromatic carbocycles. The minimum absolute atomic E-state index is 0.550. The number of benzene rings is 18. The van der Waals surface area contributed by atoms with Crippen LogP contribution in [0.4, 0.5) is 0 Å². The first-order valence-electron chi connectivity index (χ1n) is 45.6. The highest BCUT2D eigenvalue weighted by atomic mass is 32.1. The molecule has 8 aromatic heterocycles. The zero-order valence-corrected chi connectivity index (χ0v) is 75.0.